The van der Waals surface area contributed by atoms with Crippen molar-refractivity contribution in [3.63, 3.8) is 0 Å². The van der Waals surface area contributed by atoms with Gasteiger partial charge in [0.2, 0.25) is 0 Å². The van der Waals surface area contributed by atoms with Gasteiger partial charge in [0.15, 0.2) is 5.75 Å². The largest absolute Gasteiger partial charge is 0.455 e. The van der Waals surface area contributed by atoms with Crippen LogP contribution in [0, 0.1) is 0 Å². The minimum Gasteiger partial charge on any atom is -0.455 e. The SMILES string of the molecule is c1ccc(-c2ccccc2Nc2cccc3c2Oc2ccc(-n4c5ccccc5c5ccccc54)cc2C3)cc1. The molecule has 8 rings (SSSR count). The van der Waals surface area contributed by atoms with Crippen molar-refractivity contribution in [2.24, 2.45) is 0 Å². The standard InChI is InChI=1S/C37H26N2O/c1-2-11-25(12-3-1)29-14-4-7-17-32(29)38-33-18-10-13-26-23-27-24-28(21-22-36(27)40-37(26)33)39-34-19-8-5-15-30(34)31-16-6-9-20-35(31)39/h1-22,24,38H,23H2. The number of nitrogens with zero attached hydrogens (tertiary/aromatic N) is 1. The van der Waals surface area contributed by atoms with Crippen molar-refractivity contribution in [3.05, 3.63) is 151 Å². The first-order chi connectivity index (χ1) is 19.8. The third-order valence-electron chi connectivity index (χ3n) is 7.85. The molecule has 7 aromatic rings. The summed E-state index contributed by atoms with van der Waals surface area (Å²) in [4.78, 5) is 0. The molecule has 0 saturated heterocycles. The Morgan fingerprint density at radius 1 is 0.550 bits per heavy atom. The third-order valence-corrected chi connectivity index (χ3v) is 7.85. The number of para-hydroxylation sites is 4. The van der Waals surface area contributed by atoms with Gasteiger partial charge < -0.3 is 14.6 Å². The van der Waals surface area contributed by atoms with Crippen LogP contribution < -0.4 is 10.1 Å². The van der Waals surface area contributed by atoms with E-state index in [-0.39, 0.29) is 0 Å². The van der Waals surface area contributed by atoms with Crippen molar-refractivity contribution in [3.8, 4) is 28.3 Å². The van der Waals surface area contributed by atoms with Gasteiger partial charge in [-0.05, 0) is 48.0 Å². The highest BCUT2D eigenvalue weighted by Crippen LogP contribution is 2.44. The van der Waals surface area contributed by atoms with Crippen LogP contribution in [0.4, 0.5) is 11.4 Å². The molecule has 0 unspecified atom stereocenters. The first kappa shape index (κ1) is 22.7. The summed E-state index contributed by atoms with van der Waals surface area (Å²) in [5, 5.41) is 6.21. The number of hydrogen-bond acceptors (Lipinski definition) is 2. The highest BCUT2D eigenvalue weighted by Gasteiger charge is 2.22. The Kier molecular flexibility index (Phi) is 5.20. The average molecular weight is 515 g/mol. The number of hydrogen-bond donors (Lipinski definition) is 1. The molecule has 3 heteroatoms. The number of nitrogens with one attached hydrogen (secondary N) is 1. The molecular formula is C37H26N2O. The van der Waals surface area contributed by atoms with E-state index in [1.165, 1.54) is 38.5 Å². The number of anilines is 2. The molecule has 6 aromatic carbocycles. The summed E-state index contributed by atoms with van der Waals surface area (Å²) in [6, 6.07) is 49.1. The fraction of sp³-hybridized carbons (Fsp3) is 0.0270. The first-order valence-corrected chi connectivity index (χ1v) is 13.7. The number of rotatable bonds is 4. The van der Waals surface area contributed by atoms with Crippen LogP contribution in [0.2, 0.25) is 0 Å². The molecule has 1 N–H and O–H groups in total. The van der Waals surface area contributed by atoms with Crippen LogP contribution in [-0.4, -0.2) is 4.57 Å². The van der Waals surface area contributed by atoms with Crippen LogP contribution in [-0.2, 0) is 6.42 Å². The van der Waals surface area contributed by atoms with Gasteiger partial charge in [-0.1, -0.05) is 97.1 Å². The molecule has 0 amide bonds. The van der Waals surface area contributed by atoms with Crippen LogP contribution in [0.25, 0.3) is 38.6 Å². The fourth-order valence-electron chi connectivity index (χ4n) is 6.01. The van der Waals surface area contributed by atoms with E-state index in [1.54, 1.807) is 0 Å². The van der Waals surface area contributed by atoms with E-state index in [2.05, 4.69) is 143 Å². The molecular weight excluding hydrogens is 488 g/mol. The van der Waals surface area contributed by atoms with Crippen LogP contribution in [0.5, 0.6) is 11.5 Å². The molecule has 40 heavy (non-hydrogen) atoms. The van der Waals surface area contributed by atoms with E-state index in [1.807, 2.05) is 6.07 Å². The number of benzene rings is 6. The quantitative estimate of drug-likeness (QED) is 0.253. The highest BCUT2D eigenvalue weighted by atomic mass is 16.5. The Morgan fingerprint density at radius 3 is 2.02 bits per heavy atom. The Hall–Kier alpha value is -5.28. The zero-order valence-electron chi connectivity index (χ0n) is 21.8. The lowest BCUT2D eigenvalue weighted by Gasteiger charge is -2.24. The Balaban J connectivity index is 1.17. The zero-order chi connectivity index (χ0) is 26.5. The molecule has 2 heterocycles. The van der Waals surface area contributed by atoms with Crippen LogP contribution in [0.3, 0.4) is 0 Å². The lowest BCUT2D eigenvalue weighted by molar-refractivity contribution is 0.462. The molecule has 0 radical (unpaired) electrons. The van der Waals surface area contributed by atoms with Gasteiger partial charge in [0.05, 0.1) is 16.7 Å². The number of fused-ring (bicyclic) bond motifs is 5. The van der Waals surface area contributed by atoms with Crippen molar-refractivity contribution >= 4 is 33.2 Å². The van der Waals surface area contributed by atoms with E-state index < -0.39 is 0 Å². The molecule has 1 aromatic heterocycles. The van der Waals surface area contributed by atoms with Crippen molar-refractivity contribution in [2.75, 3.05) is 5.32 Å². The molecule has 0 fully saturated rings. The van der Waals surface area contributed by atoms with Gasteiger partial charge in [-0.15, -0.1) is 0 Å². The van der Waals surface area contributed by atoms with Gasteiger partial charge in [0.1, 0.15) is 5.75 Å². The molecule has 0 atom stereocenters. The topological polar surface area (TPSA) is 26.2 Å². The molecule has 0 spiro atoms. The Labute approximate surface area is 232 Å². The monoisotopic (exact) mass is 514 g/mol. The van der Waals surface area contributed by atoms with Crippen molar-refractivity contribution in [1.82, 2.24) is 4.57 Å². The molecule has 0 saturated carbocycles. The maximum Gasteiger partial charge on any atom is 0.154 e. The van der Waals surface area contributed by atoms with Gasteiger partial charge >= 0.3 is 0 Å². The van der Waals surface area contributed by atoms with Gasteiger partial charge in [0, 0.05) is 45.3 Å². The molecule has 1 aliphatic rings. The summed E-state index contributed by atoms with van der Waals surface area (Å²) in [5.41, 5.74) is 10.3. The van der Waals surface area contributed by atoms with Gasteiger partial charge in [-0.3, -0.25) is 0 Å². The Morgan fingerprint density at radius 2 is 1.23 bits per heavy atom. The predicted molar refractivity (Wildman–Crippen MR) is 165 cm³/mol. The molecule has 3 nitrogen and oxygen atoms in total. The van der Waals surface area contributed by atoms with Crippen LogP contribution in [0.1, 0.15) is 11.1 Å². The second-order valence-corrected chi connectivity index (χ2v) is 10.3. The predicted octanol–water partition coefficient (Wildman–Crippen LogP) is 9.89. The summed E-state index contributed by atoms with van der Waals surface area (Å²) in [6.07, 6.45) is 0.811. The fourth-order valence-corrected chi connectivity index (χ4v) is 6.01. The van der Waals surface area contributed by atoms with E-state index in [4.69, 9.17) is 4.74 Å². The minimum atomic E-state index is 0.811. The summed E-state index contributed by atoms with van der Waals surface area (Å²) in [7, 11) is 0. The highest BCUT2D eigenvalue weighted by molar-refractivity contribution is 6.09. The molecule has 190 valence electrons. The van der Waals surface area contributed by atoms with E-state index >= 15 is 0 Å². The van der Waals surface area contributed by atoms with Crippen LogP contribution >= 0.6 is 0 Å². The number of aromatic nitrogens is 1. The second-order valence-electron chi connectivity index (χ2n) is 10.3. The summed E-state index contributed by atoms with van der Waals surface area (Å²) in [5.74, 6) is 1.80. The maximum atomic E-state index is 6.60. The number of ether oxygens (including phenoxy) is 1. The van der Waals surface area contributed by atoms with Crippen molar-refractivity contribution < 1.29 is 4.74 Å². The van der Waals surface area contributed by atoms with Gasteiger partial charge in [-0.25, -0.2) is 0 Å². The lowest BCUT2D eigenvalue weighted by atomic mass is 9.98. The van der Waals surface area contributed by atoms with E-state index in [0.29, 0.717) is 0 Å². The first-order valence-electron chi connectivity index (χ1n) is 13.7. The third kappa shape index (κ3) is 3.67. The molecule has 0 bridgehead atoms. The minimum absolute atomic E-state index is 0.811. The second kappa shape index (κ2) is 9.18. The van der Waals surface area contributed by atoms with E-state index in [0.717, 1.165) is 40.5 Å². The molecule has 0 aliphatic carbocycles. The van der Waals surface area contributed by atoms with E-state index in [9.17, 15) is 0 Å². The normalized spacial score (nSPS) is 12.1. The zero-order valence-corrected chi connectivity index (χ0v) is 21.8. The van der Waals surface area contributed by atoms with Gasteiger partial charge in [-0.2, -0.15) is 0 Å². The Bertz CT molecular complexity index is 1980. The summed E-state index contributed by atoms with van der Waals surface area (Å²) >= 11 is 0. The summed E-state index contributed by atoms with van der Waals surface area (Å²) < 4.78 is 8.96. The van der Waals surface area contributed by atoms with Gasteiger partial charge in [0.25, 0.3) is 0 Å². The van der Waals surface area contributed by atoms with Crippen LogP contribution in [0.15, 0.2) is 140 Å². The molecule has 1 aliphatic heterocycles. The van der Waals surface area contributed by atoms with Crippen molar-refractivity contribution in [2.45, 2.75) is 6.42 Å². The smallest absolute Gasteiger partial charge is 0.154 e. The lowest BCUT2D eigenvalue weighted by Crippen LogP contribution is -2.07. The van der Waals surface area contributed by atoms with Crippen molar-refractivity contribution in [1.29, 1.82) is 0 Å². The summed E-state index contributed by atoms with van der Waals surface area (Å²) in [6.45, 7) is 0. The maximum absolute atomic E-state index is 6.60. The average Bonchev–Trinajstić information content (AvgIpc) is 3.35.